The average molecular weight is 328 g/mol. The molecule has 2 unspecified atom stereocenters. The first-order chi connectivity index (χ1) is 10.0. The van der Waals surface area contributed by atoms with Crippen LogP contribution in [0.25, 0.3) is 0 Å². The second kappa shape index (κ2) is 7.03. The van der Waals surface area contributed by atoms with Crippen molar-refractivity contribution in [2.45, 2.75) is 42.9 Å². The molecule has 1 fully saturated rings. The van der Waals surface area contributed by atoms with E-state index in [-0.39, 0.29) is 23.8 Å². The number of carbonyl (C=O) groups excluding carboxylic acids is 1. The van der Waals surface area contributed by atoms with Crippen LogP contribution in [0.15, 0.2) is 24.3 Å². The van der Waals surface area contributed by atoms with Crippen molar-refractivity contribution in [2.75, 3.05) is 12.9 Å². The minimum absolute atomic E-state index is 0.0189. The third-order valence-electron chi connectivity index (χ3n) is 4.42. The first-order valence-electron chi connectivity index (χ1n) is 7.24. The second-order valence-corrected chi connectivity index (χ2v) is 7.18. The Kier molecular flexibility index (Phi) is 5.58. The van der Waals surface area contributed by atoms with Gasteiger partial charge in [0, 0.05) is 16.3 Å². The first-order valence-corrected chi connectivity index (χ1v) is 8.91. The summed E-state index contributed by atoms with van der Waals surface area (Å²) in [7, 11) is 0. The molecule has 1 aliphatic rings. The van der Waals surface area contributed by atoms with E-state index in [9.17, 15) is 9.90 Å². The van der Waals surface area contributed by atoms with E-state index in [0.717, 1.165) is 24.8 Å². The van der Waals surface area contributed by atoms with Crippen molar-refractivity contribution in [3.63, 3.8) is 0 Å². The number of benzene rings is 1. The Morgan fingerprint density at radius 1 is 1.52 bits per heavy atom. The number of hydrogen-bond donors (Lipinski definition) is 2. The molecule has 2 N–H and O–H groups in total. The lowest BCUT2D eigenvalue weighted by atomic mass is 9.63. The molecule has 3 nitrogen and oxygen atoms in total. The lowest BCUT2D eigenvalue weighted by Gasteiger charge is -2.42. The average Bonchev–Trinajstić information content (AvgIpc) is 2.38. The summed E-state index contributed by atoms with van der Waals surface area (Å²) in [6.07, 6.45) is 4.71. The molecule has 2 rings (SSSR count). The van der Waals surface area contributed by atoms with Crippen LogP contribution in [-0.2, 0) is 10.2 Å². The van der Waals surface area contributed by atoms with E-state index < -0.39 is 5.41 Å². The molecule has 0 aromatic heterocycles. The van der Waals surface area contributed by atoms with Gasteiger partial charge < -0.3 is 10.4 Å². The Hall–Kier alpha value is -0.710. The normalized spacial score (nSPS) is 19.4. The molecule has 116 valence electrons. The maximum atomic E-state index is 12.8. The van der Waals surface area contributed by atoms with Crippen LogP contribution in [0.2, 0.25) is 5.02 Å². The largest absolute Gasteiger partial charge is 0.395 e. The molecule has 5 heteroatoms. The number of rotatable bonds is 6. The van der Waals surface area contributed by atoms with E-state index in [1.54, 1.807) is 11.8 Å². The van der Waals surface area contributed by atoms with E-state index >= 15 is 0 Å². The lowest BCUT2D eigenvalue weighted by molar-refractivity contribution is -0.130. The van der Waals surface area contributed by atoms with Gasteiger partial charge >= 0.3 is 0 Å². The second-order valence-electron chi connectivity index (χ2n) is 5.66. The van der Waals surface area contributed by atoms with Crippen molar-refractivity contribution >= 4 is 29.3 Å². The van der Waals surface area contributed by atoms with Gasteiger partial charge in [0.25, 0.3) is 0 Å². The summed E-state index contributed by atoms with van der Waals surface area (Å²) in [5, 5.41) is 13.1. The molecule has 2 atom stereocenters. The third kappa shape index (κ3) is 3.38. The highest BCUT2D eigenvalue weighted by Crippen LogP contribution is 2.44. The van der Waals surface area contributed by atoms with Crippen molar-refractivity contribution in [1.82, 2.24) is 5.32 Å². The predicted octanol–water partition coefficient (Wildman–Crippen LogP) is 2.99. The predicted molar refractivity (Wildman–Crippen MR) is 89.0 cm³/mol. The Balaban J connectivity index is 2.15. The molecule has 0 bridgehead atoms. The minimum atomic E-state index is -0.447. The molecule has 0 radical (unpaired) electrons. The van der Waals surface area contributed by atoms with Gasteiger partial charge in [-0.2, -0.15) is 11.8 Å². The van der Waals surface area contributed by atoms with Gasteiger partial charge in [0.05, 0.1) is 12.0 Å². The van der Waals surface area contributed by atoms with Crippen LogP contribution in [0.5, 0.6) is 0 Å². The third-order valence-corrected chi connectivity index (χ3v) is 5.82. The van der Waals surface area contributed by atoms with Gasteiger partial charge in [-0.25, -0.2) is 0 Å². The van der Waals surface area contributed by atoms with Gasteiger partial charge in [-0.15, -0.1) is 0 Å². The number of halogens is 1. The Morgan fingerprint density at radius 2 is 2.24 bits per heavy atom. The fourth-order valence-corrected chi connectivity index (χ4v) is 3.65. The number of aliphatic hydroxyl groups excluding tert-OH is 1. The number of thioether (sulfide) groups is 1. The zero-order valence-corrected chi connectivity index (χ0v) is 14.0. The quantitative estimate of drug-likeness (QED) is 0.844. The Labute approximate surface area is 135 Å². The van der Waals surface area contributed by atoms with Crippen molar-refractivity contribution < 1.29 is 9.90 Å². The minimum Gasteiger partial charge on any atom is -0.395 e. The topological polar surface area (TPSA) is 49.3 Å². The van der Waals surface area contributed by atoms with Crippen LogP contribution >= 0.6 is 23.4 Å². The summed E-state index contributed by atoms with van der Waals surface area (Å²) in [4.78, 5) is 12.8. The monoisotopic (exact) mass is 327 g/mol. The Bertz CT molecular complexity index is 501. The highest BCUT2D eigenvalue weighted by molar-refractivity contribution is 7.99. The SMILES string of the molecule is CSC(CO)C(C)NC(=O)C1(c2cccc(Cl)c2)CCC1. The van der Waals surface area contributed by atoms with Crippen LogP contribution in [0.4, 0.5) is 0 Å². The molecule has 1 aromatic rings. The van der Waals surface area contributed by atoms with Crippen molar-refractivity contribution in [1.29, 1.82) is 0 Å². The fourth-order valence-electron chi connectivity index (χ4n) is 2.84. The van der Waals surface area contributed by atoms with E-state index in [2.05, 4.69) is 5.32 Å². The van der Waals surface area contributed by atoms with E-state index in [4.69, 9.17) is 11.6 Å². The van der Waals surface area contributed by atoms with Crippen molar-refractivity contribution in [3.05, 3.63) is 34.9 Å². The zero-order chi connectivity index (χ0) is 15.5. The van der Waals surface area contributed by atoms with Gasteiger partial charge in [-0.05, 0) is 43.7 Å². The molecule has 0 aliphatic heterocycles. The number of amides is 1. The van der Waals surface area contributed by atoms with Gasteiger partial charge in [-0.1, -0.05) is 30.2 Å². The maximum absolute atomic E-state index is 12.8. The standard InChI is InChI=1S/C16H22ClNO2S/c1-11(14(10-19)21-2)18-15(20)16(7-4-8-16)12-5-3-6-13(17)9-12/h3,5-6,9,11,14,19H,4,7-8,10H2,1-2H3,(H,18,20). The molecule has 1 amide bonds. The van der Waals surface area contributed by atoms with Crippen LogP contribution in [0.1, 0.15) is 31.7 Å². The van der Waals surface area contributed by atoms with Crippen LogP contribution in [0, 0.1) is 0 Å². The summed E-state index contributed by atoms with van der Waals surface area (Å²) in [6, 6.07) is 7.53. The summed E-state index contributed by atoms with van der Waals surface area (Å²) in [5.74, 6) is 0.0519. The van der Waals surface area contributed by atoms with E-state index in [1.165, 1.54) is 0 Å². The highest BCUT2D eigenvalue weighted by Gasteiger charge is 2.46. The van der Waals surface area contributed by atoms with E-state index in [1.807, 2.05) is 37.4 Å². The first kappa shape index (κ1) is 16.7. The summed E-state index contributed by atoms with van der Waals surface area (Å²) in [6.45, 7) is 2.01. The molecule has 1 aromatic carbocycles. The summed E-state index contributed by atoms with van der Waals surface area (Å²) in [5.41, 5.74) is 0.549. The van der Waals surface area contributed by atoms with Crippen LogP contribution < -0.4 is 5.32 Å². The van der Waals surface area contributed by atoms with Crippen LogP contribution in [0.3, 0.4) is 0 Å². The maximum Gasteiger partial charge on any atom is 0.230 e. The molecule has 0 heterocycles. The zero-order valence-electron chi connectivity index (χ0n) is 12.4. The summed E-state index contributed by atoms with van der Waals surface area (Å²) < 4.78 is 0. The van der Waals surface area contributed by atoms with Gasteiger partial charge in [0.2, 0.25) is 5.91 Å². The van der Waals surface area contributed by atoms with Crippen molar-refractivity contribution in [2.24, 2.45) is 0 Å². The number of aliphatic hydroxyl groups is 1. The fraction of sp³-hybridized carbons (Fsp3) is 0.562. The van der Waals surface area contributed by atoms with Crippen LogP contribution in [-0.4, -0.2) is 35.2 Å². The molecular formula is C16H22ClNO2S. The number of carbonyl (C=O) groups is 1. The smallest absolute Gasteiger partial charge is 0.230 e. The molecule has 1 saturated carbocycles. The lowest BCUT2D eigenvalue weighted by Crippen LogP contribution is -2.53. The van der Waals surface area contributed by atoms with Gasteiger partial charge in [0.15, 0.2) is 0 Å². The highest BCUT2D eigenvalue weighted by atomic mass is 35.5. The summed E-state index contributed by atoms with van der Waals surface area (Å²) >= 11 is 7.64. The molecule has 1 aliphatic carbocycles. The van der Waals surface area contributed by atoms with Crippen molar-refractivity contribution in [3.8, 4) is 0 Å². The van der Waals surface area contributed by atoms with Gasteiger partial charge in [0.1, 0.15) is 0 Å². The molecule has 21 heavy (non-hydrogen) atoms. The number of hydrogen-bond acceptors (Lipinski definition) is 3. The Morgan fingerprint density at radius 3 is 2.71 bits per heavy atom. The van der Waals surface area contributed by atoms with E-state index in [0.29, 0.717) is 5.02 Å². The van der Waals surface area contributed by atoms with Gasteiger partial charge in [-0.3, -0.25) is 4.79 Å². The molecular weight excluding hydrogens is 306 g/mol. The molecule has 0 saturated heterocycles. The number of nitrogens with one attached hydrogen (secondary N) is 1. The molecule has 0 spiro atoms.